The predicted molar refractivity (Wildman–Crippen MR) is 317 cm³/mol. The highest BCUT2D eigenvalue weighted by molar-refractivity contribution is 7.13. The molecule has 17 nitrogen and oxygen atoms in total. The van der Waals surface area contributed by atoms with Gasteiger partial charge in [-0.3, -0.25) is 29.0 Å². The Kier molecular flexibility index (Phi) is 18.2. The lowest BCUT2D eigenvalue weighted by molar-refractivity contribution is -0.144. The number of hydrogen-bond acceptors (Lipinski definition) is 13. The van der Waals surface area contributed by atoms with E-state index in [2.05, 4.69) is 54.4 Å². The molecule has 5 amide bonds. The number of carbonyl (C=O) groups is 5. The number of carbonyl (C=O) groups excluding carboxylic acids is 5. The summed E-state index contributed by atoms with van der Waals surface area (Å²) in [5, 5.41) is 25.3. The summed E-state index contributed by atoms with van der Waals surface area (Å²) in [5.41, 5.74) is 3.95. The van der Waals surface area contributed by atoms with Crippen LogP contribution in [-0.4, -0.2) is 132 Å². The van der Waals surface area contributed by atoms with Crippen molar-refractivity contribution in [3.05, 3.63) is 131 Å². The van der Waals surface area contributed by atoms with E-state index >= 15 is 0 Å². The number of amides is 5. The molecule has 4 fully saturated rings. The number of methoxy groups -OCH3 is 1. The molecule has 3 saturated heterocycles. The van der Waals surface area contributed by atoms with Crippen molar-refractivity contribution in [1.82, 2.24) is 30.3 Å². The molecule has 1 saturated carbocycles. The predicted octanol–water partition coefficient (Wildman–Crippen LogP) is 9.07. The van der Waals surface area contributed by atoms with Crippen molar-refractivity contribution in [3.8, 4) is 27.7 Å². The molecule has 4 aliphatic rings. The number of aliphatic hydroxyl groups excluding tert-OH is 1. The molecule has 10 rings (SSSR count). The lowest BCUT2D eigenvalue weighted by Crippen LogP contribution is -2.59. The van der Waals surface area contributed by atoms with Crippen molar-refractivity contribution in [2.24, 2.45) is 16.7 Å². The number of nitrogens with zero attached hydrogens (tertiary/aromatic N) is 4. The lowest BCUT2D eigenvalue weighted by Gasteiger charge is -2.42. The normalized spacial score (nSPS) is 19.0. The van der Waals surface area contributed by atoms with Gasteiger partial charge in [-0.15, -0.1) is 11.3 Å². The summed E-state index contributed by atoms with van der Waals surface area (Å²) in [5.74, 6) is -0.558. The molecule has 5 N–H and O–H groups in total. The highest BCUT2D eigenvalue weighted by Crippen LogP contribution is 2.48. The Bertz CT molecular complexity index is 3280. The van der Waals surface area contributed by atoms with Crippen LogP contribution in [0.1, 0.15) is 82.4 Å². The first-order valence-corrected chi connectivity index (χ1v) is 29.7. The van der Waals surface area contributed by atoms with Crippen molar-refractivity contribution in [2.75, 3.05) is 63.6 Å². The number of benzene rings is 4. The largest absolute Gasteiger partial charge is 0.496 e. The Hall–Kier alpha value is -7.29. The quantitative estimate of drug-likeness (QED) is 0.0359. The molecule has 0 radical (unpaired) electrons. The summed E-state index contributed by atoms with van der Waals surface area (Å²) in [6.07, 6.45) is 5.23. The van der Waals surface area contributed by atoms with E-state index in [0.717, 1.165) is 67.6 Å². The van der Waals surface area contributed by atoms with E-state index in [9.17, 15) is 33.5 Å². The van der Waals surface area contributed by atoms with Gasteiger partial charge < -0.3 is 55.3 Å². The fraction of sp³-hybridized carbons (Fsp3) is 0.438. The van der Waals surface area contributed by atoms with Crippen LogP contribution >= 0.6 is 11.3 Å². The molecule has 0 spiro atoms. The fourth-order valence-electron chi connectivity index (χ4n) is 11.6. The minimum Gasteiger partial charge on any atom is -0.496 e. The number of aryl methyl sites for hydroxylation is 1. The van der Waals surface area contributed by atoms with Gasteiger partial charge in [0, 0.05) is 71.4 Å². The molecule has 4 aromatic carbocycles. The SMILES string of the molecule is COc1cc2c(Oc3ccc(NC(=O)C4(C(=O)Nc5ccc(F)cc5)CC4)cc3)ccnc2cc1COCCN1CCC(N2CCC(C(=O)N[C@H](C(=O)N3C[C@H](O)C[C@H]3C(=O)NCc3ccc(-c4sccc4C)cc3)C(C)(C)C)CC2)CC1. The molecule has 0 bridgehead atoms. The van der Waals surface area contributed by atoms with Gasteiger partial charge in [0.15, 0.2) is 0 Å². The minimum atomic E-state index is -1.18. The van der Waals surface area contributed by atoms with Gasteiger partial charge in [0.25, 0.3) is 0 Å². The summed E-state index contributed by atoms with van der Waals surface area (Å²) < 4.78 is 31.7. The van der Waals surface area contributed by atoms with E-state index in [1.54, 1.807) is 55.0 Å². The van der Waals surface area contributed by atoms with Crippen molar-refractivity contribution in [2.45, 2.75) is 110 Å². The fourth-order valence-corrected chi connectivity index (χ4v) is 12.5. The number of anilines is 2. The van der Waals surface area contributed by atoms with E-state index < -0.39 is 46.6 Å². The van der Waals surface area contributed by atoms with Crippen molar-refractivity contribution in [1.29, 1.82) is 0 Å². The molecule has 3 atom stereocenters. The van der Waals surface area contributed by atoms with Crippen LogP contribution in [-0.2, 0) is 41.9 Å². The smallest absolute Gasteiger partial charge is 0.246 e. The number of nitrogens with one attached hydrogen (secondary N) is 4. The van der Waals surface area contributed by atoms with Gasteiger partial charge >= 0.3 is 0 Å². The van der Waals surface area contributed by atoms with Crippen LogP contribution in [0.25, 0.3) is 21.3 Å². The van der Waals surface area contributed by atoms with Gasteiger partial charge in [-0.05, 0) is 172 Å². The third-order valence-electron chi connectivity index (χ3n) is 16.8. The standard InChI is InChI=1S/C64H75FN8O9S/c1-40-23-33-83-56(40)42-8-6-41(7-9-42)37-67-59(76)53-35-49(74)38-73(53)60(77)57(63(2,3)4)70-58(75)43-19-29-72(30-20-43)48-21-27-71(28-22-48)31-32-81-39-44-34-52-51(36-55(44)80-5)54(18-26-66-52)82-50-16-14-47(15-17-50)69-62(79)64(24-25-64)61(78)68-46-12-10-45(65)11-13-46/h6-18,23,26,33-34,36,43,48-49,53,57,74H,19-22,24-25,27-32,35,37-39H2,1-5H3,(H,67,76)(H,68,78)(H,69,79)(H,70,75)/t49-,53+,57-/m1/s1. The van der Waals surface area contributed by atoms with Crippen LogP contribution in [0.5, 0.6) is 17.2 Å². The first-order chi connectivity index (χ1) is 39.9. The summed E-state index contributed by atoms with van der Waals surface area (Å²) in [6, 6.07) is 26.8. The monoisotopic (exact) mass is 1150 g/mol. The van der Waals surface area contributed by atoms with Gasteiger partial charge in [-0.2, -0.15) is 0 Å². The molecule has 19 heteroatoms. The van der Waals surface area contributed by atoms with Crippen LogP contribution in [0.4, 0.5) is 15.8 Å². The van der Waals surface area contributed by atoms with Crippen molar-refractivity contribution < 1.29 is 47.7 Å². The molecule has 83 heavy (non-hydrogen) atoms. The maximum Gasteiger partial charge on any atom is 0.246 e. The molecule has 2 aromatic heterocycles. The van der Waals surface area contributed by atoms with E-state index in [0.29, 0.717) is 79.1 Å². The number of fused-ring (bicyclic) bond motifs is 1. The topological polar surface area (TPSA) is 204 Å². The van der Waals surface area contributed by atoms with Gasteiger partial charge in [-0.25, -0.2) is 4.39 Å². The zero-order valence-electron chi connectivity index (χ0n) is 47.9. The first kappa shape index (κ1) is 58.9. The van der Waals surface area contributed by atoms with Crippen LogP contribution in [0.15, 0.2) is 109 Å². The van der Waals surface area contributed by atoms with Crippen LogP contribution in [0.2, 0.25) is 0 Å². The second-order valence-corrected chi connectivity index (χ2v) is 24.5. The molecule has 438 valence electrons. The number of likely N-dealkylation sites (tertiary alicyclic amines) is 3. The Morgan fingerprint density at radius 2 is 1.51 bits per heavy atom. The molecular formula is C64H75FN8O9S. The van der Waals surface area contributed by atoms with Crippen LogP contribution < -0.4 is 30.7 Å². The number of β-amino-alcohol motifs (C(OH)–C–C–N with tert-alkyl or cyclic N) is 1. The van der Waals surface area contributed by atoms with E-state index in [1.165, 1.54) is 39.6 Å². The second kappa shape index (κ2) is 25.7. The zero-order valence-corrected chi connectivity index (χ0v) is 48.7. The average Bonchev–Trinajstić information content (AvgIpc) is 4.06. The first-order valence-electron chi connectivity index (χ1n) is 28.8. The number of aromatic nitrogens is 1. The number of pyridine rings is 1. The van der Waals surface area contributed by atoms with Gasteiger partial charge in [0.2, 0.25) is 29.5 Å². The number of hydrogen-bond donors (Lipinski definition) is 5. The molecule has 1 aliphatic carbocycles. The number of halogens is 1. The third kappa shape index (κ3) is 14.0. The number of aliphatic hydroxyl groups is 1. The Balaban J connectivity index is 0.643. The van der Waals surface area contributed by atoms with Gasteiger partial charge in [0.05, 0.1) is 31.9 Å². The maximum absolute atomic E-state index is 14.3. The molecular weight excluding hydrogens is 1080 g/mol. The van der Waals surface area contributed by atoms with Crippen LogP contribution in [0.3, 0.4) is 0 Å². The summed E-state index contributed by atoms with van der Waals surface area (Å²) >= 11 is 1.69. The maximum atomic E-state index is 14.3. The van der Waals surface area contributed by atoms with E-state index in [1.807, 2.05) is 57.2 Å². The Morgan fingerprint density at radius 3 is 2.13 bits per heavy atom. The minimum absolute atomic E-state index is 0.0270. The van der Waals surface area contributed by atoms with E-state index in [4.69, 9.17) is 14.2 Å². The number of ether oxygens (including phenoxy) is 3. The second-order valence-electron chi connectivity index (χ2n) is 23.6. The summed E-state index contributed by atoms with van der Waals surface area (Å²) in [4.78, 5) is 80.5. The van der Waals surface area contributed by atoms with Crippen molar-refractivity contribution in [3.63, 3.8) is 0 Å². The van der Waals surface area contributed by atoms with Gasteiger partial charge in [0.1, 0.15) is 40.6 Å². The molecule has 0 unspecified atom stereocenters. The molecule has 5 heterocycles. The molecule has 6 aromatic rings. The van der Waals surface area contributed by atoms with Gasteiger partial charge in [-0.1, -0.05) is 45.0 Å². The highest BCUT2D eigenvalue weighted by Gasteiger charge is 2.56. The van der Waals surface area contributed by atoms with E-state index in [-0.39, 0.29) is 43.1 Å². The zero-order chi connectivity index (χ0) is 58.4. The Labute approximate surface area is 488 Å². The lowest BCUT2D eigenvalue weighted by atomic mass is 9.84. The summed E-state index contributed by atoms with van der Waals surface area (Å²) in [6.45, 7) is 13.3. The molecule has 3 aliphatic heterocycles. The van der Waals surface area contributed by atoms with Crippen LogP contribution in [0, 0.1) is 29.5 Å². The van der Waals surface area contributed by atoms with Crippen molar-refractivity contribution >= 4 is 63.2 Å². The number of piperidine rings is 2. The third-order valence-corrected chi connectivity index (χ3v) is 17.8. The summed E-state index contributed by atoms with van der Waals surface area (Å²) in [7, 11) is 1.62. The Morgan fingerprint density at radius 1 is 0.831 bits per heavy atom. The average molecular weight is 1150 g/mol. The number of thiophene rings is 1. The number of rotatable bonds is 20. The highest BCUT2D eigenvalue weighted by atomic mass is 32.1.